The molecule has 1 aromatic carbocycles. The number of hydrogen-bond donors (Lipinski definition) is 1. The van der Waals surface area contributed by atoms with Crippen LogP contribution < -0.4 is 5.32 Å². The zero-order valence-corrected chi connectivity index (χ0v) is 22.3. The molecule has 192 valence electrons. The minimum absolute atomic E-state index is 0.0419. The number of nitrogens with one attached hydrogen (secondary N) is 1. The van der Waals surface area contributed by atoms with Gasteiger partial charge in [-0.25, -0.2) is 19.7 Å². The predicted octanol–water partition coefficient (Wildman–Crippen LogP) is 4.43. The molecule has 11 heteroatoms. The number of carbonyl (C=O) groups excluding carboxylic acids is 3. The number of pyridine rings is 1. The summed E-state index contributed by atoms with van der Waals surface area (Å²) in [6.07, 6.45) is 4.99. The van der Waals surface area contributed by atoms with E-state index in [2.05, 4.69) is 41.3 Å². The Morgan fingerprint density at radius 1 is 1.08 bits per heavy atom. The fourth-order valence-electron chi connectivity index (χ4n) is 5.22. The standard InChI is InChI=1S/C27H24BrN7O3/c1-14(36)26-19-8-16(18-11-29-15(2)30-12-18)6-7-20(19)34(33-26)13-23(37)22-10-17-9-21(17)35(22)27(38)32-25-5-3-4-24(28)31-25/h3-8,11-12,17,21-22H,9-10,13H2,1-2H3,(H,31,32,38)/t17-,21-,22+/m1/s1. The van der Waals surface area contributed by atoms with Gasteiger partial charge in [0, 0.05) is 36.3 Å². The lowest BCUT2D eigenvalue weighted by atomic mass is 10.0. The number of likely N-dealkylation sites (tertiary alicyclic amines) is 1. The Morgan fingerprint density at radius 3 is 2.61 bits per heavy atom. The molecule has 0 unspecified atom stereocenters. The van der Waals surface area contributed by atoms with Crippen LogP contribution in [0.4, 0.5) is 10.6 Å². The van der Waals surface area contributed by atoms with E-state index in [1.54, 1.807) is 40.2 Å². The van der Waals surface area contributed by atoms with Crippen molar-refractivity contribution in [2.75, 3.05) is 5.32 Å². The highest BCUT2D eigenvalue weighted by atomic mass is 79.9. The number of carbonyl (C=O) groups is 3. The molecule has 0 spiro atoms. The van der Waals surface area contributed by atoms with Crippen molar-refractivity contribution in [2.24, 2.45) is 5.92 Å². The normalized spacial score (nSPS) is 19.9. The van der Waals surface area contributed by atoms with Gasteiger partial charge in [-0.05, 0) is 71.4 Å². The molecule has 1 saturated heterocycles. The summed E-state index contributed by atoms with van der Waals surface area (Å²) in [6.45, 7) is 3.24. The highest BCUT2D eigenvalue weighted by Gasteiger charge is 2.56. The van der Waals surface area contributed by atoms with Gasteiger partial charge in [-0.3, -0.25) is 19.6 Å². The van der Waals surface area contributed by atoms with E-state index in [1.807, 2.05) is 25.1 Å². The minimum atomic E-state index is -0.560. The van der Waals surface area contributed by atoms with Gasteiger partial charge in [-0.15, -0.1) is 0 Å². The van der Waals surface area contributed by atoms with Crippen molar-refractivity contribution in [2.45, 2.75) is 45.3 Å². The second-order valence-electron chi connectivity index (χ2n) is 9.78. The summed E-state index contributed by atoms with van der Waals surface area (Å²) < 4.78 is 2.18. The Hall–Kier alpha value is -3.99. The number of piperidine rings is 1. The van der Waals surface area contributed by atoms with Gasteiger partial charge >= 0.3 is 6.03 Å². The number of Topliss-reactive ketones (excluding diaryl/α,β-unsaturated/α-hetero) is 2. The molecule has 1 aliphatic heterocycles. The lowest BCUT2D eigenvalue weighted by molar-refractivity contribution is -0.123. The number of benzene rings is 1. The predicted molar refractivity (Wildman–Crippen MR) is 144 cm³/mol. The highest BCUT2D eigenvalue weighted by Crippen LogP contribution is 2.48. The Morgan fingerprint density at radius 2 is 1.87 bits per heavy atom. The van der Waals surface area contributed by atoms with Crippen LogP contribution >= 0.6 is 15.9 Å². The van der Waals surface area contributed by atoms with Crippen LogP contribution in [0.15, 0.2) is 53.4 Å². The van der Waals surface area contributed by atoms with E-state index in [0.29, 0.717) is 45.2 Å². The number of fused-ring (bicyclic) bond motifs is 2. The quantitative estimate of drug-likeness (QED) is 0.267. The number of anilines is 1. The fourth-order valence-corrected chi connectivity index (χ4v) is 5.57. The maximum Gasteiger partial charge on any atom is 0.323 e. The van der Waals surface area contributed by atoms with Crippen LogP contribution in [-0.4, -0.2) is 59.3 Å². The molecule has 4 heterocycles. The van der Waals surface area contributed by atoms with Gasteiger partial charge < -0.3 is 4.90 Å². The number of halogens is 1. The van der Waals surface area contributed by atoms with Crippen LogP contribution in [0, 0.1) is 12.8 Å². The minimum Gasteiger partial charge on any atom is -0.311 e. The first-order valence-electron chi connectivity index (χ1n) is 12.3. The lowest BCUT2D eigenvalue weighted by Crippen LogP contribution is -2.46. The average molecular weight is 574 g/mol. The van der Waals surface area contributed by atoms with E-state index in [4.69, 9.17) is 0 Å². The second kappa shape index (κ2) is 9.39. The molecule has 1 saturated carbocycles. The average Bonchev–Trinajstić information content (AvgIpc) is 3.39. The Labute approximate surface area is 226 Å². The van der Waals surface area contributed by atoms with Crippen molar-refractivity contribution in [3.8, 4) is 11.1 Å². The smallest absolute Gasteiger partial charge is 0.311 e. The number of aryl methyl sites for hydroxylation is 1. The van der Waals surface area contributed by atoms with E-state index in [0.717, 1.165) is 17.5 Å². The number of aromatic nitrogens is 5. The van der Waals surface area contributed by atoms with Crippen molar-refractivity contribution < 1.29 is 14.4 Å². The van der Waals surface area contributed by atoms with Crippen LogP contribution in [-0.2, 0) is 11.3 Å². The lowest BCUT2D eigenvalue weighted by Gasteiger charge is -2.26. The molecule has 3 aromatic heterocycles. The van der Waals surface area contributed by atoms with Crippen molar-refractivity contribution >= 4 is 50.2 Å². The van der Waals surface area contributed by atoms with Crippen LogP contribution in [0.3, 0.4) is 0 Å². The number of nitrogens with zero attached hydrogens (tertiary/aromatic N) is 6. The Balaban J connectivity index is 1.26. The third-order valence-corrected chi connectivity index (χ3v) is 7.61. The van der Waals surface area contributed by atoms with Gasteiger partial charge in [0.2, 0.25) is 0 Å². The summed E-state index contributed by atoms with van der Waals surface area (Å²) in [7, 11) is 0. The molecule has 38 heavy (non-hydrogen) atoms. The van der Waals surface area contributed by atoms with Gasteiger partial charge in [-0.1, -0.05) is 12.1 Å². The number of ketones is 2. The Bertz CT molecular complexity index is 1600. The summed E-state index contributed by atoms with van der Waals surface area (Å²) >= 11 is 3.31. The van der Waals surface area contributed by atoms with Gasteiger partial charge in [-0.2, -0.15) is 5.10 Å². The molecular weight excluding hydrogens is 550 g/mol. The van der Waals surface area contributed by atoms with Crippen molar-refractivity contribution in [1.82, 2.24) is 29.6 Å². The number of hydrogen-bond acceptors (Lipinski definition) is 7. The number of rotatable bonds is 6. The SMILES string of the molecule is CC(=O)c1nn(CC(=O)[C@@H]2C[C@H]3C[C@H]3N2C(=O)Nc2cccc(Br)n2)c2ccc(-c3cnc(C)nc3)cc12. The first-order valence-corrected chi connectivity index (χ1v) is 13.1. The molecule has 3 atom stereocenters. The van der Waals surface area contributed by atoms with Gasteiger partial charge in [0.15, 0.2) is 11.6 Å². The zero-order chi connectivity index (χ0) is 26.6. The van der Waals surface area contributed by atoms with E-state index in [1.165, 1.54) is 6.92 Å². The molecule has 0 radical (unpaired) electrons. The fraction of sp³-hybridized carbons (Fsp3) is 0.296. The third-order valence-electron chi connectivity index (χ3n) is 7.16. The van der Waals surface area contributed by atoms with Crippen LogP contribution in [0.2, 0.25) is 0 Å². The second-order valence-corrected chi connectivity index (χ2v) is 10.6. The van der Waals surface area contributed by atoms with Crippen molar-refractivity contribution in [3.05, 3.63) is 64.9 Å². The summed E-state index contributed by atoms with van der Waals surface area (Å²) in [6, 6.07) is 10.1. The first kappa shape index (κ1) is 24.4. The molecule has 1 aliphatic carbocycles. The molecule has 1 N–H and O–H groups in total. The highest BCUT2D eigenvalue weighted by molar-refractivity contribution is 9.10. The first-order chi connectivity index (χ1) is 18.3. The van der Waals surface area contributed by atoms with Crippen LogP contribution in [0.5, 0.6) is 0 Å². The summed E-state index contributed by atoms with van der Waals surface area (Å²) in [5, 5.41) is 7.99. The van der Waals surface area contributed by atoms with Crippen molar-refractivity contribution in [1.29, 1.82) is 0 Å². The molecule has 0 bridgehead atoms. The third kappa shape index (κ3) is 4.47. The molecule has 4 aromatic rings. The van der Waals surface area contributed by atoms with E-state index in [9.17, 15) is 14.4 Å². The molecular formula is C27H24BrN7O3. The van der Waals surface area contributed by atoms with Gasteiger partial charge in [0.25, 0.3) is 0 Å². The van der Waals surface area contributed by atoms with Gasteiger partial charge in [0.05, 0.1) is 11.6 Å². The van der Waals surface area contributed by atoms with Gasteiger partial charge in [0.1, 0.15) is 28.5 Å². The van der Waals surface area contributed by atoms with Crippen LogP contribution in [0.25, 0.3) is 22.0 Å². The van der Waals surface area contributed by atoms with E-state index >= 15 is 0 Å². The molecule has 6 rings (SSSR count). The van der Waals surface area contributed by atoms with E-state index < -0.39 is 6.04 Å². The summed E-state index contributed by atoms with van der Waals surface area (Å²) in [5.41, 5.74) is 2.65. The summed E-state index contributed by atoms with van der Waals surface area (Å²) in [4.78, 5) is 53.6. The zero-order valence-electron chi connectivity index (χ0n) is 20.8. The monoisotopic (exact) mass is 573 g/mol. The molecule has 2 aliphatic rings. The molecule has 2 amide bonds. The maximum absolute atomic E-state index is 13.5. The largest absolute Gasteiger partial charge is 0.323 e. The number of urea groups is 1. The summed E-state index contributed by atoms with van der Waals surface area (Å²) in [5.74, 6) is 1.10. The maximum atomic E-state index is 13.5. The van der Waals surface area contributed by atoms with Crippen molar-refractivity contribution in [3.63, 3.8) is 0 Å². The van der Waals surface area contributed by atoms with E-state index in [-0.39, 0.29) is 30.2 Å². The molecule has 2 fully saturated rings. The van der Waals surface area contributed by atoms with Crippen LogP contribution in [0.1, 0.15) is 36.1 Å². The topological polar surface area (TPSA) is 123 Å². The Kier molecular flexibility index (Phi) is 6.02. The molecule has 10 nitrogen and oxygen atoms in total. The number of amides is 2.